The highest BCUT2D eigenvalue weighted by Crippen LogP contribution is 2.30. The van der Waals surface area contributed by atoms with Gasteiger partial charge in [0.15, 0.2) is 5.54 Å². The number of imide groups is 1. The zero-order chi connectivity index (χ0) is 15.9. The molecule has 114 valence electrons. The highest BCUT2D eigenvalue weighted by Gasteiger charge is 2.51. The molecule has 0 spiro atoms. The fraction of sp³-hybridized carbons (Fsp3) is 0.214. The Bertz CT molecular complexity index is 747. The van der Waals surface area contributed by atoms with Crippen LogP contribution < -0.4 is 5.32 Å². The molecule has 2 aromatic heterocycles. The molecule has 3 amide bonds. The SMILES string of the molecule is CC1(c2ccco2)NC(=O)N(Cc2ccc(C(=O)O)o2)C1=O. The lowest BCUT2D eigenvalue weighted by Gasteiger charge is -2.18. The summed E-state index contributed by atoms with van der Waals surface area (Å²) in [5.41, 5.74) is -1.29. The van der Waals surface area contributed by atoms with Crippen LogP contribution in [-0.2, 0) is 16.9 Å². The molecule has 1 aliphatic heterocycles. The number of carboxylic acid groups (broad SMARTS) is 1. The summed E-state index contributed by atoms with van der Waals surface area (Å²) >= 11 is 0. The molecule has 0 saturated carbocycles. The van der Waals surface area contributed by atoms with Gasteiger partial charge in [-0.25, -0.2) is 9.59 Å². The summed E-state index contributed by atoms with van der Waals surface area (Å²) in [4.78, 5) is 36.3. The maximum atomic E-state index is 12.5. The molecule has 1 saturated heterocycles. The normalized spacial score (nSPS) is 21.2. The van der Waals surface area contributed by atoms with Gasteiger partial charge in [-0.15, -0.1) is 0 Å². The minimum absolute atomic E-state index is 0.158. The predicted octanol–water partition coefficient (Wildman–Crippen LogP) is 1.54. The van der Waals surface area contributed by atoms with Crippen LogP contribution in [0.15, 0.2) is 39.4 Å². The summed E-state index contributed by atoms with van der Waals surface area (Å²) in [6.45, 7) is 1.38. The predicted molar refractivity (Wildman–Crippen MR) is 70.8 cm³/mol. The van der Waals surface area contributed by atoms with Crippen LogP contribution in [0.1, 0.15) is 29.0 Å². The van der Waals surface area contributed by atoms with E-state index in [9.17, 15) is 14.4 Å². The molecule has 2 N–H and O–H groups in total. The minimum Gasteiger partial charge on any atom is -0.475 e. The van der Waals surface area contributed by atoms with Gasteiger partial charge in [-0.2, -0.15) is 0 Å². The fourth-order valence-electron chi connectivity index (χ4n) is 2.30. The number of carbonyl (C=O) groups excluding carboxylic acids is 2. The van der Waals surface area contributed by atoms with E-state index in [1.807, 2.05) is 0 Å². The van der Waals surface area contributed by atoms with E-state index in [-0.39, 0.29) is 18.1 Å². The smallest absolute Gasteiger partial charge is 0.371 e. The third-order valence-electron chi connectivity index (χ3n) is 3.48. The number of carbonyl (C=O) groups is 3. The number of urea groups is 1. The highest BCUT2D eigenvalue weighted by atomic mass is 16.4. The van der Waals surface area contributed by atoms with E-state index in [1.165, 1.54) is 25.3 Å². The Labute approximate surface area is 124 Å². The number of rotatable bonds is 4. The van der Waals surface area contributed by atoms with E-state index >= 15 is 0 Å². The molecule has 3 heterocycles. The Morgan fingerprint density at radius 2 is 2.14 bits per heavy atom. The number of amides is 3. The molecule has 2 aromatic rings. The van der Waals surface area contributed by atoms with E-state index in [0.717, 1.165) is 4.90 Å². The number of hydrogen-bond acceptors (Lipinski definition) is 5. The van der Waals surface area contributed by atoms with Crippen molar-refractivity contribution in [3.8, 4) is 0 Å². The molecule has 1 aliphatic rings. The van der Waals surface area contributed by atoms with E-state index in [4.69, 9.17) is 13.9 Å². The molecule has 1 atom stereocenters. The van der Waals surface area contributed by atoms with Crippen LogP contribution in [0, 0.1) is 0 Å². The molecule has 0 aromatic carbocycles. The lowest BCUT2D eigenvalue weighted by Crippen LogP contribution is -2.40. The van der Waals surface area contributed by atoms with Gasteiger partial charge in [0, 0.05) is 0 Å². The van der Waals surface area contributed by atoms with Crippen molar-refractivity contribution in [1.29, 1.82) is 0 Å². The number of nitrogens with zero attached hydrogens (tertiary/aromatic N) is 1. The first-order valence-electron chi connectivity index (χ1n) is 6.42. The second kappa shape index (κ2) is 4.76. The van der Waals surface area contributed by atoms with Crippen molar-refractivity contribution in [3.05, 3.63) is 47.8 Å². The van der Waals surface area contributed by atoms with Crippen molar-refractivity contribution in [1.82, 2.24) is 10.2 Å². The van der Waals surface area contributed by atoms with Crippen LogP contribution >= 0.6 is 0 Å². The zero-order valence-corrected chi connectivity index (χ0v) is 11.5. The molecule has 0 bridgehead atoms. The molecule has 1 fully saturated rings. The minimum atomic E-state index is -1.29. The molecule has 22 heavy (non-hydrogen) atoms. The summed E-state index contributed by atoms with van der Waals surface area (Å²) in [6.07, 6.45) is 1.41. The molecular formula is C14H12N2O6. The average Bonchev–Trinajstić information content (AvgIpc) is 3.17. The van der Waals surface area contributed by atoms with E-state index in [1.54, 1.807) is 12.1 Å². The Hall–Kier alpha value is -3.03. The largest absolute Gasteiger partial charge is 0.475 e. The van der Waals surface area contributed by atoms with Gasteiger partial charge in [-0.1, -0.05) is 0 Å². The number of carboxylic acids is 1. The lowest BCUT2D eigenvalue weighted by molar-refractivity contribution is -0.132. The highest BCUT2D eigenvalue weighted by molar-refractivity contribution is 6.06. The second-order valence-electron chi connectivity index (χ2n) is 4.99. The molecule has 3 rings (SSSR count). The van der Waals surface area contributed by atoms with Crippen LogP contribution in [0.3, 0.4) is 0 Å². The summed E-state index contributed by atoms with van der Waals surface area (Å²) in [5.74, 6) is -1.45. The van der Waals surface area contributed by atoms with Crippen LogP contribution in [0.2, 0.25) is 0 Å². The monoisotopic (exact) mass is 304 g/mol. The fourth-order valence-corrected chi connectivity index (χ4v) is 2.30. The Balaban J connectivity index is 1.84. The van der Waals surface area contributed by atoms with Gasteiger partial charge in [0.25, 0.3) is 5.91 Å². The number of hydrogen-bond donors (Lipinski definition) is 2. The summed E-state index contributed by atoms with van der Waals surface area (Å²) in [5, 5.41) is 11.4. The second-order valence-corrected chi connectivity index (χ2v) is 4.99. The Kier molecular flexibility index (Phi) is 3.01. The average molecular weight is 304 g/mol. The third-order valence-corrected chi connectivity index (χ3v) is 3.48. The first-order chi connectivity index (χ1) is 10.4. The van der Waals surface area contributed by atoms with Gasteiger partial charge in [0.2, 0.25) is 5.76 Å². The number of nitrogens with one attached hydrogen (secondary N) is 1. The van der Waals surface area contributed by atoms with Crippen molar-refractivity contribution < 1.29 is 28.3 Å². The molecule has 1 unspecified atom stereocenters. The quantitative estimate of drug-likeness (QED) is 0.828. The topological polar surface area (TPSA) is 113 Å². The van der Waals surface area contributed by atoms with Crippen LogP contribution in [0.5, 0.6) is 0 Å². The van der Waals surface area contributed by atoms with Crippen molar-refractivity contribution in [2.45, 2.75) is 19.0 Å². The summed E-state index contributed by atoms with van der Waals surface area (Å²) < 4.78 is 10.3. The van der Waals surface area contributed by atoms with Crippen molar-refractivity contribution in [3.63, 3.8) is 0 Å². The molecule has 8 nitrogen and oxygen atoms in total. The number of aromatic carboxylic acids is 1. The summed E-state index contributed by atoms with van der Waals surface area (Å²) in [6, 6.07) is 5.29. The van der Waals surface area contributed by atoms with Gasteiger partial charge in [-0.3, -0.25) is 9.69 Å². The molecule has 8 heteroatoms. The van der Waals surface area contributed by atoms with E-state index in [2.05, 4.69) is 5.32 Å². The van der Waals surface area contributed by atoms with Crippen LogP contribution in [-0.4, -0.2) is 27.9 Å². The first-order valence-corrected chi connectivity index (χ1v) is 6.42. The molecule has 0 radical (unpaired) electrons. The van der Waals surface area contributed by atoms with Gasteiger partial charge < -0.3 is 19.3 Å². The number of furan rings is 2. The van der Waals surface area contributed by atoms with Crippen molar-refractivity contribution in [2.24, 2.45) is 0 Å². The lowest BCUT2D eigenvalue weighted by atomic mass is 9.99. The van der Waals surface area contributed by atoms with Gasteiger partial charge >= 0.3 is 12.0 Å². The van der Waals surface area contributed by atoms with Gasteiger partial charge in [-0.05, 0) is 31.2 Å². The summed E-state index contributed by atoms with van der Waals surface area (Å²) in [7, 11) is 0. The van der Waals surface area contributed by atoms with Crippen LogP contribution in [0.25, 0.3) is 0 Å². The van der Waals surface area contributed by atoms with E-state index in [0.29, 0.717) is 5.76 Å². The third kappa shape index (κ3) is 2.05. The zero-order valence-electron chi connectivity index (χ0n) is 11.5. The molecule has 0 aliphatic carbocycles. The Morgan fingerprint density at radius 1 is 1.36 bits per heavy atom. The standard InChI is InChI=1S/C14H12N2O6/c1-14(10-3-2-6-21-10)12(19)16(13(20)15-14)7-8-4-5-9(22-8)11(17)18/h2-6H,7H2,1H3,(H,15,20)(H,17,18). The first kappa shape index (κ1) is 13.9. The molecular weight excluding hydrogens is 292 g/mol. The van der Waals surface area contributed by atoms with E-state index < -0.39 is 23.4 Å². The van der Waals surface area contributed by atoms with Crippen molar-refractivity contribution in [2.75, 3.05) is 0 Å². The maximum Gasteiger partial charge on any atom is 0.371 e. The van der Waals surface area contributed by atoms with Gasteiger partial charge in [0.05, 0.1) is 12.8 Å². The maximum absolute atomic E-state index is 12.5. The Morgan fingerprint density at radius 3 is 2.73 bits per heavy atom. The van der Waals surface area contributed by atoms with Crippen molar-refractivity contribution >= 4 is 17.9 Å². The van der Waals surface area contributed by atoms with Gasteiger partial charge in [0.1, 0.15) is 11.5 Å². The van der Waals surface area contributed by atoms with Crippen LogP contribution in [0.4, 0.5) is 4.79 Å².